The van der Waals surface area contributed by atoms with Crippen LogP contribution in [-0.4, -0.2) is 19.5 Å². The zero-order valence-electron chi connectivity index (χ0n) is 9.88. The number of nitrogens with zero attached hydrogens (tertiary/aromatic N) is 1. The van der Waals surface area contributed by atoms with E-state index in [1.807, 2.05) is 13.8 Å². The average molecular weight is 256 g/mol. The lowest BCUT2D eigenvalue weighted by atomic mass is 10.1. The van der Waals surface area contributed by atoms with Crippen LogP contribution in [0, 0.1) is 0 Å². The van der Waals surface area contributed by atoms with Crippen LogP contribution in [0.15, 0.2) is 17.2 Å². The number of nitrogens with two attached hydrogens (primary N) is 1. The van der Waals surface area contributed by atoms with Gasteiger partial charge in [-0.15, -0.1) is 0 Å². The zero-order chi connectivity index (χ0) is 12.6. The van der Waals surface area contributed by atoms with Gasteiger partial charge in [0.25, 0.3) is 0 Å². The number of rotatable bonds is 4. The summed E-state index contributed by atoms with van der Waals surface area (Å²) in [4.78, 5) is 4.06. The summed E-state index contributed by atoms with van der Waals surface area (Å²) >= 11 is 0. The van der Waals surface area contributed by atoms with Crippen molar-refractivity contribution in [1.82, 2.24) is 4.98 Å². The van der Waals surface area contributed by atoms with Gasteiger partial charge in [-0.2, -0.15) is 0 Å². The molecule has 0 bridgehead atoms. The molecule has 94 valence electrons. The Kier molecular flexibility index (Phi) is 3.09. The van der Waals surface area contributed by atoms with Crippen molar-refractivity contribution in [2.24, 2.45) is 5.14 Å². The summed E-state index contributed by atoms with van der Waals surface area (Å²) in [6, 6.07) is 1.67. The van der Waals surface area contributed by atoms with E-state index in [0.717, 1.165) is 18.5 Å². The van der Waals surface area contributed by atoms with Crippen molar-refractivity contribution in [3.63, 3.8) is 0 Å². The van der Waals surface area contributed by atoms with Gasteiger partial charge in [0.1, 0.15) is 10.6 Å². The van der Waals surface area contributed by atoms with Crippen LogP contribution in [0.5, 0.6) is 5.75 Å². The second-order valence-electron chi connectivity index (χ2n) is 4.57. The van der Waals surface area contributed by atoms with Gasteiger partial charge in [-0.1, -0.05) is 13.8 Å². The maximum atomic E-state index is 11.4. The van der Waals surface area contributed by atoms with Gasteiger partial charge in [0.05, 0.1) is 12.3 Å². The molecule has 0 saturated heterocycles. The molecule has 2 rings (SSSR count). The average Bonchev–Trinajstić information content (AvgIpc) is 2.99. The molecular weight excluding hydrogens is 240 g/mol. The number of hydrogen-bond acceptors (Lipinski definition) is 4. The molecule has 1 aromatic rings. The molecule has 1 aromatic heterocycles. The predicted molar refractivity (Wildman–Crippen MR) is 63.3 cm³/mol. The largest absolute Gasteiger partial charge is 0.489 e. The van der Waals surface area contributed by atoms with Crippen molar-refractivity contribution in [2.45, 2.75) is 43.6 Å². The molecule has 5 nitrogen and oxygen atoms in total. The van der Waals surface area contributed by atoms with Crippen LogP contribution in [0.2, 0.25) is 0 Å². The van der Waals surface area contributed by atoms with Crippen molar-refractivity contribution in [1.29, 1.82) is 0 Å². The van der Waals surface area contributed by atoms with E-state index in [4.69, 9.17) is 9.88 Å². The molecule has 0 aliphatic heterocycles. The van der Waals surface area contributed by atoms with Crippen molar-refractivity contribution in [2.75, 3.05) is 0 Å². The Hall–Kier alpha value is -1.14. The van der Waals surface area contributed by atoms with Crippen LogP contribution in [0.3, 0.4) is 0 Å². The molecule has 0 unspecified atom stereocenters. The first-order chi connectivity index (χ1) is 7.88. The summed E-state index contributed by atoms with van der Waals surface area (Å²) < 4.78 is 28.4. The fraction of sp³-hybridized carbons (Fsp3) is 0.545. The number of sulfonamides is 1. The second-order valence-corrected chi connectivity index (χ2v) is 6.10. The molecule has 1 heterocycles. The van der Waals surface area contributed by atoms with Crippen LogP contribution in [0.1, 0.15) is 38.3 Å². The van der Waals surface area contributed by atoms with E-state index >= 15 is 0 Å². The summed E-state index contributed by atoms with van der Waals surface area (Å²) in [6.07, 6.45) is 3.33. The minimum absolute atomic E-state index is 0.0335. The standard InChI is InChI=1S/C11H16N2O3S/c1-7(2)9-5-10(16-8-3-4-8)11(6-13-9)17(12,14)15/h5-8H,3-4H2,1-2H3,(H2,12,14,15). The van der Waals surface area contributed by atoms with E-state index in [0.29, 0.717) is 5.75 Å². The van der Waals surface area contributed by atoms with E-state index in [2.05, 4.69) is 4.98 Å². The topological polar surface area (TPSA) is 82.3 Å². The van der Waals surface area contributed by atoms with Gasteiger partial charge < -0.3 is 4.74 Å². The van der Waals surface area contributed by atoms with Crippen LogP contribution in [0.25, 0.3) is 0 Å². The molecule has 17 heavy (non-hydrogen) atoms. The van der Waals surface area contributed by atoms with Crippen LogP contribution >= 0.6 is 0 Å². The Morgan fingerprint density at radius 2 is 2.12 bits per heavy atom. The van der Waals surface area contributed by atoms with Crippen molar-refractivity contribution in [3.8, 4) is 5.75 Å². The Morgan fingerprint density at radius 1 is 1.47 bits per heavy atom. The Bertz CT molecular complexity index is 522. The second kappa shape index (κ2) is 4.27. The van der Waals surface area contributed by atoms with E-state index in [9.17, 15) is 8.42 Å². The molecule has 0 aromatic carbocycles. The van der Waals surface area contributed by atoms with E-state index in [1.165, 1.54) is 6.20 Å². The Morgan fingerprint density at radius 3 is 2.59 bits per heavy atom. The third-order valence-corrected chi connectivity index (χ3v) is 3.49. The fourth-order valence-electron chi connectivity index (χ4n) is 1.43. The van der Waals surface area contributed by atoms with E-state index < -0.39 is 10.0 Å². The molecule has 6 heteroatoms. The molecule has 0 radical (unpaired) electrons. The van der Waals surface area contributed by atoms with Gasteiger partial charge >= 0.3 is 0 Å². The third kappa shape index (κ3) is 2.95. The van der Waals surface area contributed by atoms with Crippen molar-refractivity contribution < 1.29 is 13.2 Å². The summed E-state index contributed by atoms with van der Waals surface area (Å²) in [5.41, 5.74) is 0.799. The van der Waals surface area contributed by atoms with Crippen LogP contribution in [-0.2, 0) is 10.0 Å². The van der Waals surface area contributed by atoms with E-state index in [-0.39, 0.29) is 16.9 Å². The molecular formula is C11H16N2O3S. The monoisotopic (exact) mass is 256 g/mol. The lowest BCUT2D eigenvalue weighted by Crippen LogP contribution is -2.15. The Balaban J connectivity index is 2.43. The lowest BCUT2D eigenvalue weighted by molar-refractivity contribution is 0.294. The van der Waals surface area contributed by atoms with Gasteiger partial charge in [-0.05, 0) is 18.8 Å². The zero-order valence-corrected chi connectivity index (χ0v) is 10.7. The SMILES string of the molecule is CC(C)c1cc(OC2CC2)c(S(N)(=O)=O)cn1. The quantitative estimate of drug-likeness (QED) is 0.882. The molecule has 1 fully saturated rings. The van der Waals surface area contributed by atoms with Crippen molar-refractivity contribution >= 4 is 10.0 Å². The molecule has 1 saturated carbocycles. The van der Waals surface area contributed by atoms with Gasteiger partial charge in [0.2, 0.25) is 10.0 Å². The predicted octanol–water partition coefficient (Wildman–Crippen LogP) is 1.39. The Labute approximate surface area is 101 Å². The van der Waals surface area contributed by atoms with Gasteiger partial charge in [0.15, 0.2) is 0 Å². The molecule has 0 atom stereocenters. The highest BCUT2D eigenvalue weighted by molar-refractivity contribution is 7.89. The van der Waals surface area contributed by atoms with Crippen LogP contribution in [0.4, 0.5) is 0 Å². The summed E-state index contributed by atoms with van der Waals surface area (Å²) in [5.74, 6) is 0.541. The van der Waals surface area contributed by atoms with Gasteiger partial charge in [0, 0.05) is 11.8 Å². The first-order valence-corrected chi connectivity index (χ1v) is 7.12. The highest BCUT2D eigenvalue weighted by Gasteiger charge is 2.27. The summed E-state index contributed by atoms with van der Waals surface area (Å²) in [7, 11) is -3.78. The highest BCUT2D eigenvalue weighted by atomic mass is 32.2. The lowest BCUT2D eigenvalue weighted by Gasteiger charge is -2.12. The maximum absolute atomic E-state index is 11.4. The number of primary sulfonamides is 1. The molecule has 0 spiro atoms. The summed E-state index contributed by atoms with van der Waals surface area (Å²) in [5, 5.41) is 5.13. The molecule has 1 aliphatic rings. The number of pyridine rings is 1. The smallest absolute Gasteiger partial charge is 0.243 e. The number of ether oxygens (including phenoxy) is 1. The number of aromatic nitrogens is 1. The van der Waals surface area contributed by atoms with Crippen molar-refractivity contribution in [3.05, 3.63) is 18.0 Å². The fourth-order valence-corrected chi connectivity index (χ4v) is 2.01. The first kappa shape index (κ1) is 12.3. The van der Waals surface area contributed by atoms with Gasteiger partial charge in [-0.25, -0.2) is 13.6 Å². The molecule has 2 N–H and O–H groups in total. The normalized spacial score (nSPS) is 16.2. The van der Waals surface area contributed by atoms with Gasteiger partial charge in [-0.3, -0.25) is 4.98 Å². The maximum Gasteiger partial charge on any atom is 0.243 e. The summed E-state index contributed by atoms with van der Waals surface area (Å²) in [6.45, 7) is 3.97. The van der Waals surface area contributed by atoms with E-state index in [1.54, 1.807) is 6.07 Å². The number of hydrogen-bond donors (Lipinski definition) is 1. The highest BCUT2D eigenvalue weighted by Crippen LogP contribution is 2.32. The third-order valence-electron chi connectivity index (χ3n) is 2.57. The minimum Gasteiger partial charge on any atom is -0.489 e. The van der Waals surface area contributed by atoms with Crippen LogP contribution < -0.4 is 9.88 Å². The first-order valence-electron chi connectivity index (χ1n) is 5.57. The minimum atomic E-state index is -3.78. The molecule has 1 aliphatic carbocycles. The molecule has 0 amide bonds.